The number of phosphoric acid groups is 1. The lowest BCUT2D eigenvalue weighted by Crippen LogP contribution is -2.46. The van der Waals surface area contributed by atoms with E-state index in [9.17, 15) is 19.4 Å². The lowest BCUT2D eigenvalue weighted by atomic mass is 10.0. The molecule has 0 saturated heterocycles. The fourth-order valence-electron chi connectivity index (χ4n) is 9.90. The van der Waals surface area contributed by atoms with E-state index in [-0.39, 0.29) is 19.1 Å². The number of likely N-dealkylation sites (N-methyl/N-ethyl adjacent to an activating group) is 1. The molecule has 0 heterocycles. The predicted molar refractivity (Wildman–Crippen MR) is 337 cm³/mol. The van der Waals surface area contributed by atoms with E-state index in [0.717, 1.165) is 77.0 Å². The number of nitrogens with one attached hydrogen (secondary N) is 1. The normalized spacial score (nSPS) is 14.1. The monoisotopic (exact) mass is 1100 g/mol. The summed E-state index contributed by atoms with van der Waals surface area (Å²) in [5.74, 6) is -0.153. The van der Waals surface area contributed by atoms with Gasteiger partial charge in [-0.3, -0.25) is 13.8 Å². The number of unbranched alkanes of at least 4 members (excludes halogenated alkanes) is 38. The van der Waals surface area contributed by atoms with Gasteiger partial charge in [0, 0.05) is 6.42 Å². The third kappa shape index (κ3) is 61.7. The smallest absolute Gasteiger partial charge is 0.391 e. The molecule has 0 aliphatic heterocycles. The topological polar surface area (TPSA) is 105 Å². The highest BCUT2D eigenvalue weighted by Crippen LogP contribution is 2.43. The lowest BCUT2D eigenvalue weighted by Gasteiger charge is -2.26. The Morgan fingerprint density at radius 2 is 0.779 bits per heavy atom. The summed E-state index contributed by atoms with van der Waals surface area (Å²) in [6, 6.07) is -0.772. The zero-order valence-corrected chi connectivity index (χ0v) is 52.6. The number of phosphoric ester groups is 1. The average Bonchev–Trinajstić information content (AvgIpc) is 3.39. The van der Waals surface area contributed by atoms with Crippen molar-refractivity contribution >= 4 is 13.7 Å². The first-order valence-electron chi connectivity index (χ1n) is 33.2. The second-order valence-electron chi connectivity index (χ2n) is 23.8. The van der Waals surface area contributed by atoms with Crippen molar-refractivity contribution in [2.75, 3.05) is 40.9 Å². The number of nitrogens with zero attached hydrogens (tertiary/aromatic N) is 1. The Morgan fingerprint density at radius 1 is 0.455 bits per heavy atom. The molecule has 3 unspecified atom stereocenters. The van der Waals surface area contributed by atoms with Gasteiger partial charge in [0.05, 0.1) is 39.9 Å². The Morgan fingerprint density at radius 3 is 1.14 bits per heavy atom. The van der Waals surface area contributed by atoms with Crippen LogP contribution in [-0.4, -0.2) is 73.4 Å². The molecule has 1 amide bonds. The standard InChI is InChI=1S/C68H129N2O6P/c1-6-8-10-12-14-16-18-20-22-24-26-28-30-31-32-33-34-35-36-37-38-40-41-43-45-47-49-51-53-55-57-59-61-67(71)66(65-76-77(73,74)75-64-63-70(3,4)5)69-68(72)62-60-58-56-54-52-50-48-46-44-42-39-29-27-25-23-21-19-17-15-13-11-9-7-2/h9,11,15,17,21,23,27,29,42,44,66-67,71H,6-8,10,12-14,16,18-20,22,24-26,28,30-41,43,45-65H2,1-5H3,(H-,69,72,73,74)/p+1/b11-9-,17-15-,23-21-,29-27-,44-42-. The van der Waals surface area contributed by atoms with Gasteiger partial charge >= 0.3 is 7.82 Å². The highest BCUT2D eigenvalue weighted by molar-refractivity contribution is 7.47. The van der Waals surface area contributed by atoms with Gasteiger partial charge in [0.15, 0.2) is 0 Å². The van der Waals surface area contributed by atoms with Gasteiger partial charge in [0.2, 0.25) is 5.91 Å². The average molecular weight is 1100 g/mol. The van der Waals surface area contributed by atoms with Gasteiger partial charge in [-0.15, -0.1) is 0 Å². The molecule has 0 aliphatic carbocycles. The Bertz CT molecular complexity index is 1440. The number of aliphatic hydroxyl groups is 1. The van der Waals surface area contributed by atoms with Gasteiger partial charge in [-0.1, -0.05) is 312 Å². The van der Waals surface area contributed by atoms with E-state index < -0.39 is 20.0 Å². The van der Waals surface area contributed by atoms with Crippen molar-refractivity contribution in [1.29, 1.82) is 0 Å². The highest BCUT2D eigenvalue weighted by Gasteiger charge is 2.28. The molecule has 0 aromatic rings. The van der Waals surface area contributed by atoms with Crippen molar-refractivity contribution in [3.63, 3.8) is 0 Å². The van der Waals surface area contributed by atoms with Gasteiger partial charge in [0.1, 0.15) is 13.2 Å². The second kappa shape index (κ2) is 58.8. The molecule has 77 heavy (non-hydrogen) atoms. The third-order valence-corrected chi connectivity index (χ3v) is 16.0. The molecular weight excluding hydrogens is 972 g/mol. The number of quaternary nitrogens is 1. The number of allylic oxidation sites excluding steroid dienone is 10. The molecule has 0 rings (SSSR count). The maximum absolute atomic E-state index is 13.0. The Balaban J connectivity index is 4.06. The van der Waals surface area contributed by atoms with Crippen LogP contribution in [0.3, 0.4) is 0 Å². The molecule has 3 atom stereocenters. The summed E-state index contributed by atoms with van der Waals surface area (Å²) in [4.78, 5) is 23.4. The number of rotatable bonds is 61. The minimum Gasteiger partial charge on any atom is -0.391 e. The largest absolute Gasteiger partial charge is 0.472 e. The van der Waals surface area contributed by atoms with Gasteiger partial charge in [-0.05, 0) is 57.8 Å². The number of carbonyl (C=O) groups is 1. The quantitative estimate of drug-likeness (QED) is 0.0243. The molecule has 9 heteroatoms. The van der Waals surface area contributed by atoms with Crippen LogP contribution in [-0.2, 0) is 18.4 Å². The number of hydrogen-bond acceptors (Lipinski definition) is 5. The predicted octanol–water partition coefficient (Wildman–Crippen LogP) is 20.8. The Labute approximate surface area is 479 Å². The maximum atomic E-state index is 13.0. The molecule has 0 aliphatic rings. The van der Waals surface area contributed by atoms with E-state index in [0.29, 0.717) is 23.9 Å². The molecule has 0 radical (unpaired) electrons. The van der Waals surface area contributed by atoms with E-state index >= 15 is 0 Å². The minimum absolute atomic E-state index is 0.0703. The van der Waals surface area contributed by atoms with E-state index in [1.54, 1.807) is 0 Å². The van der Waals surface area contributed by atoms with Crippen LogP contribution in [0.1, 0.15) is 316 Å². The van der Waals surface area contributed by atoms with Crippen LogP contribution in [0.5, 0.6) is 0 Å². The van der Waals surface area contributed by atoms with Crippen molar-refractivity contribution in [1.82, 2.24) is 5.32 Å². The SMILES string of the molecule is CC/C=C\C/C=C\C/C=C\C/C=C\C/C=C\CCCCCCCCCC(=O)NC(COP(=O)(O)OCC[N+](C)(C)C)C(O)CCCCCCCCCCCCCCCCCCCCCCCCCCCCCCCCCC. The fourth-order valence-corrected chi connectivity index (χ4v) is 10.6. The maximum Gasteiger partial charge on any atom is 0.472 e. The van der Waals surface area contributed by atoms with E-state index in [4.69, 9.17) is 9.05 Å². The van der Waals surface area contributed by atoms with E-state index in [1.165, 1.54) is 212 Å². The molecule has 0 bridgehead atoms. The first kappa shape index (κ1) is 75.2. The van der Waals surface area contributed by atoms with Crippen LogP contribution in [0, 0.1) is 0 Å². The molecule has 0 spiro atoms. The summed E-state index contributed by atoms with van der Waals surface area (Å²) in [6.07, 6.45) is 80.3. The minimum atomic E-state index is -4.34. The van der Waals surface area contributed by atoms with Crippen LogP contribution < -0.4 is 5.32 Å². The number of carbonyl (C=O) groups excluding carboxylic acids is 1. The van der Waals surface area contributed by atoms with Crippen molar-refractivity contribution < 1.29 is 32.9 Å². The lowest BCUT2D eigenvalue weighted by molar-refractivity contribution is -0.870. The van der Waals surface area contributed by atoms with Crippen LogP contribution in [0.4, 0.5) is 0 Å². The molecule has 0 aromatic carbocycles. The number of amides is 1. The Kier molecular flexibility index (Phi) is 57.5. The fraction of sp³-hybridized carbons (Fsp3) is 0.838. The first-order chi connectivity index (χ1) is 37.5. The summed E-state index contributed by atoms with van der Waals surface area (Å²) >= 11 is 0. The zero-order valence-electron chi connectivity index (χ0n) is 51.7. The summed E-state index contributed by atoms with van der Waals surface area (Å²) in [5, 5.41) is 14.1. The first-order valence-corrected chi connectivity index (χ1v) is 34.6. The van der Waals surface area contributed by atoms with E-state index in [1.807, 2.05) is 21.1 Å². The second-order valence-corrected chi connectivity index (χ2v) is 25.3. The molecule has 0 saturated carbocycles. The van der Waals surface area contributed by atoms with Crippen LogP contribution >= 0.6 is 7.82 Å². The molecule has 8 nitrogen and oxygen atoms in total. The Hall–Kier alpha value is -1.80. The van der Waals surface area contributed by atoms with E-state index in [2.05, 4.69) is 79.9 Å². The van der Waals surface area contributed by atoms with Gasteiger partial charge in [0.25, 0.3) is 0 Å². The summed E-state index contributed by atoms with van der Waals surface area (Å²) in [5.41, 5.74) is 0. The van der Waals surface area contributed by atoms with Crippen molar-refractivity contribution in [2.24, 2.45) is 0 Å². The molecule has 3 N–H and O–H groups in total. The van der Waals surface area contributed by atoms with Crippen molar-refractivity contribution in [3.05, 3.63) is 60.8 Å². The zero-order chi connectivity index (χ0) is 56.3. The summed E-state index contributed by atoms with van der Waals surface area (Å²) in [7, 11) is 1.61. The number of aliphatic hydroxyl groups excluding tert-OH is 1. The molecule has 452 valence electrons. The number of hydrogen-bond donors (Lipinski definition) is 3. The van der Waals surface area contributed by atoms with Crippen LogP contribution in [0.25, 0.3) is 0 Å². The molecule has 0 aromatic heterocycles. The summed E-state index contributed by atoms with van der Waals surface area (Å²) < 4.78 is 23.9. The summed E-state index contributed by atoms with van der Waals surface area (Å²) in [6.45, 7) is 4.80. The molecule has 0 fully saturated rings. The highest BCUT2D eigenvalue weighted by atomic mass is 31.2. The van der Waals surface area contributed by atoms with Gasteiger partial charge < -0.3 is 19.8 Å². The van der Waals surface area contributed by atoms with Gasteiger partial charge in [-0.25, -0.2) is 4.57 Å². The molecular formula is C68H130N2O6P+. The van der Waals surface area contributed by atoms with Gasteiger partial charge in [-0.2, -0.15) is 0 Å². The van der Waals surface area contributed by atoms with Crippen molar-refractivity contribution in [2.45, 2.75) is 328 Å². The van der Waals surface area contributed by atoms with Crippen molar-refractivity contribution in [3.8, 4) is 0 Å². The van der Waals surface area contributed by atoms with Crippen LogP contribution in [0.2, 0.25) is 0 Å². The third-order valence-electron chi connectivity index (χ3n) is 15.0. The van der Waals surface area contributed by atoms with Crippen LogP contribution in [0.15, 0.2) is 60.8 Å².